The molecule has 0 aliphatic heterocycles. The van der Waals surface area contributed by atoms with Crippen LogP contribution in [0.5, 0.6) is 5.88 Å². The third-order valence-electron chi connectivity index (χ3n) is 2.68. The summed E-state index contributed by atoms with van der Waals surface area (Å²) in [5.74, 6) is 2.96. The first kappa shape index (κ1) is 14.7. The molecule has 0 fully saturated rings. The minimum absolute atomic E-state index is 0.413. The van der Waals surface area contributed by atoms with E-state index in [-0.39, 0.29) is 0 Å². The van der Waals surface area contributed by atoms with Gasteiger partial charge in [0.15, 0.2) is 0 Å². The van der Waals surface area contributed by atoms with Gasteiger partial charge in [-0.3, -0.25) is 0 Å². The molecular weight excluding hydrogens is 226 g/mol. The molecule has 0 aliphatic carbocycles. The average Bonchev–Trinajstić information content (AvgIpc) is 2.26. The van der Waals surface area contributed by atoms with Crippen LogP contribution in [0.3, 0.4) is 0 Å². The molecule has 1 aromatic rings. The van der Waals surface area contributed by atoms with Crippen LogP contribution in [0.25, 0.3) is 0 Å². The topological polar surface area (TPSA) is 47.0 Å². The molecule has 1 N–H and O–H groups in total. The lowest BCUT2D eigenvalue weighted by atomic mass is 10.0. The third-order valence-corrected chi connectivity index (χ3v) is 2.68. The van der Waals surface area contributed by atoms with Crippen LogP contribution in [0, 0.1) is 12.8 Å². The van der Waals surface area contributed by atoms with Crippen molar-refractivity contribution in [2.24, 2.45) is 5.92 Å². The molecule has 1 aromatic heterocycles. The van der Waals surface area contributed by atoms with Gasteiger partial charge >= 0.3 is 0 Å². The summed E-state index contributed by atoms with van der Waals surface area (Å²) in [4.78, 5) is 8.61. The number of ether oxygens (including phenoxy) is 1. The number of anilines is 1. The van der Waals surface area contributed by atoms with E-state index >= 15 is 0 Å². The van der Waals surface area contributed by atoms with Gasteiger partial charge in [-0.15, -0.1) is 0 Å². The zero-order valence-corrected chi connectivity index (χ0v) is 12.2. The summed E-state index contributed by atoms with van der Waals surface area (Å²) >= 11 is 0. The van der Waals surface area contributed by atoms with Gasteiger partial charge in [0, 0.05) is 12.1 Å². The second-order valence-electron chi connectivity index (χ2n) is 5.09. The lowest BCUT2D eigenvalue weighted by Crippen LogP contribution is -2.17. The second kappa shape index (κ2) is 7.19. The van der Waals surface area contributed by atoms with E-state index in [9.17, 15) is 0 Å². The summed E-state index contributed by atoms with van der Waals surface area (Å²) in [6.07, 6.45) is 2.36. The first-order chi connectivity index (χ1) is 8.51. The number of hydrogen-bond donors (Lipinski definition) is 1. The molecule has 0 saturated heterocycles. The fraction of sp³-hybridized carbons (Fsp3) is 0.714. The maximum absolute atomic E-state index is 5.42. The van der Waals surface area contributed by atoms with Gasteiger partial charge in [0.1, 0.15) is 11.6 Å². The summed E-state index contributed by atoms with van der Waals surface area (Å²) in [5.41, 5.74) is 0. The fourth-order valence-electron chi connectivity index (χ4n) is 1.74. The third kappa shape index (κ3) is 5.34. The molecule has 1 unspecified atom stereocenters. The number of aromatic nitrogens is 2. The average molecular weight is 251 g/mol. The Labute approximate surface area is 110 Å². The molecule has 0 spiro atoms. The van der Waals surface area contributed by atoms with Crippen molar-refractivity contribution in [1.29, 1.82) is 0 Å². The Morgan fingerprint density at radius 1 is 1.22 bits per heavy atom. The molecule has 0 bridgehead atoms. The monoisotopic (exact) mass is 251 g/mol. The van der Waals surface area contributed by atoms with Gasteiger partial charge in [0.25, 0.3) is 0 Å². The largest absolute Gasteiger partial charge is 0.478 e. The van der Waals surface area contributed by atoms with Gasteiger partial charge in [-0.2, -0.15) is 4.98 Å². The Kier molecular flexibility index (Phi) is 5.89. The van der Waals surface area contributed by atoms with Crippen LogP contribution in [0.4, 0.5) is 5.82 Å². The molecule has 0 amide bonds. The van der Waals surface area contributed by atoms with Crippen LogP contribution >= 0.6 is 0 Å². The highest BCUT2D eigenvalue weighted by Crippen LogP contribution is 2.16. The predicted octanol–water partition coefficient (Wildman–Crippen LogP) is 3.42. The summed E-state index contributed by atoms with van der Waals surface area (Å²) in [5, 5.41) is 3.41. The van der Waals surface area contributed by atoms with Crippen LogP contribution in [0.2, 0.25) is 0 Å². The van der Waals surface area contributed by atoms with Crippen molar-refractivity contribution in [3.8, 4) is 5.88 Å². The quantitative estimate of drug-likeness (QED) is 0.806. The highest BCUT2D eigenvalue weighted by molar-refractivity contribution is 5.39. The lowest BCUT2D eigenvalue weighted by molar-refractivity contribution is 0.325. The minimum atomic E-state index is 0.413. The number of rotatable bonds is 7. The molecule has 18 heavy (non-hydrogen) atoms. The van der Waals surface area contributed by atoms with Gasteiger partial charge in [0.2, 0.25) is 5.88 Å². The Bertz CT molecular complexity index is 366. The summed E-state index contributed by atoms with van der Waals surface area (Å²) < 4.78 is 5.42. The molecule has 4 nitrogen and oxygen atoms in total. The van der Waals surface area contributed by atoms with E-state index in [2.05, 4.69) is 36.1 Å². The van der Waals surface area contributed by atoms with Crippen molar-refractivity contribution in [3.63, 3.8) is 0 Å². The summed E-state index contributed by atoms with van der Waals surface area (Å²) in [7, 11) is 0. The molecule has 0 radical (unpaired) electrons. The van der Waals surface area contributed by atoms with E-state index in [0.29, 0.717) is 18.5 Å². The second-order valence-corrected chi connectivity index (χ2v) is 5.09. The van der Waals surface area contributed by atoms with E-state index in [4.69, 9.17) is 4.74 Å². The fourth-order valence-corrected chi connectivity index (χ4v) is 1.74. The Morgan fingerprint density at radius 2 is 1.94 bits per heavy atom. The molecule has 1 heterocycles. The van der Waals surface area contributed by atoms with Crippen molar-refractivity contribution in [3.05, 3.63) is 11.9 Å². The molecule has 0 aliphatic rings. The van der Waals surface area contributed by atoms with E-state index < -0.39 is 0 Å². The van der Waals surface area contributed by atoms with Crippen molar-refractivity contribution >= 4 is 5.82 Å². The van der Waals surface area contributed by atoms with Crippen LogP contribution < -0.4 is 10.1 Å². The smallest absolute Gasteiger partial charge is 0.218 e. The molecule has 0 aromatic carbocycles. The first-order valence-electron chi connectivity index (χ1n) is 6.76. The van der Waals surface area contributed by atoms with Gasteiger partial charge < -0.3 is 10.1 Å². The zero-order valence-electron chi connectivity index (χ0n) is 12.2. The van der Waals surface area contributed by atoms with Gasteiger partial charge in [-0.1, -0.05) is 13.8 Å². The van der Waals surface area contributed by atoms with Crippen molar-refractivity contribution in [2.45, 2.75) is 53.5 Å². The predicted molar refractivity (Wildman–Crippen MR) is 75.1 cm³/mol. The molecule has 4 heteroatoms. The zero-order chi connectivity index (χ0) is 13.5. The van der Waals surface area contributed by atoms with E-state index in [1.165, 1.54) is 6.42 Å². The molecule has 1 atom stereocenters. The van der Waals surface area contributed by atoms with Crippen molar-refractivity contribution < 1.29 is 4.74 Å². The van der Waals surface area contributed by atoms with Crippen molar-refractivity contribution in [1.82, 2.24) is 9.97 Å². The standard InChI is InChI=1S/C14H25N3O/c1-6-18-14-9-13(16-12(5)17-14)15-11(4)8-7-10(2)3/h9-11H,6-8H2,1-5H3,(H,15,16,17). The maximum atomic E-state index is 5.42. The van der Waals surface area contributed by atoms with E-state index in [0.717, 1.165) is 24.0 Å². The Hall–Kier alpha value is -1.32. The van der Waals surface area contributed by atoms with Crippen LogP contribution in [-0.4, -0.2) is 22.6 Å². The van der Waals surface area contributed by atoms with Gasteiger partial charge in [0.05, 0.1) is 6.61 Å². The van der Waals surface area contributed by atoms with Crippen LogP contribution in [-0.2, 0) is 0 Å². The van der Waals surface area contributed by atoms with Gasteiger partial charge in [-0.05, 0) is 39.5 Å². The molecule has 102 valence electrons. The molecule has 1 rings (SSSR count). The minimum Gasteiger partial charge on any atom is -0.478 e. The SMILES string of the molecule is CCOc1cc(NC(C)CCC(C)C)nc(C)n1. The van der Waals surface area contributed by atoms with Crippen LogP contribution in [0.1, 0.15) is 46.4 Å². The van der Waals surface area contributed by atoms with E-state index in [1.807, 2.05) is 19.9 Å². The summed E-state index contributed by atoms with van der Waals surface area (Å²) in [6, 6.07) is 2.28. The number of hydrogen-bond acceptors (Lipinski definition) is 4. The number of aryl methyl sites for hydroxylation is 1. The Balaban J connectivity index is 2.60. The summed E-state index contributed by atoms with van der Waals surface area (Å²) in [6.45, 7) is 11.1. The molecular formula is C14H25N3O. The van der Waals surface area contributed by atoms with E-state index in [1.54, 1.807) is 0 Å². The van der Waals surface area contributed by atoms with Crippen LogP contribution in [0.15, 0.2) is 6.07 Å². The highest BCUT2D eigenvalue weighted by atomic mass is 16.5. The Morgan fingerprint density at radius 3 is 2.56 bits per heavy atom. The lowest BCUT2D eigenvalue weighted by Gasteiger charge is -2.16. The maximum Gasteiger partial charge on any atom is 0.218 e. The van der Waals surface area contributed by atoms with Crippen molar-refractivity contribution in [2.75, 3.05) is 11.9 Å². The number of nitrogens with zero attached hydrogens (tertiary/aromatic N) is 2. The number of nitrogens with one attached hydrogen (secondary N) is 1. The molecule has 0 saturated carbocycles. The van der Waals surface area contributed by atoms with Gasteiger partial charge in [-0.25, -0.2) is 4.98 Å². The first-order valence-corrected chi connectivity index (χ1v) is 6.76. The normalized spacial score (nSPS) is 12.6. The highest BCUT2D eigenvalue weighted by Gasteiger charge is 2.07.